The summed E-state index contributed by atoms with van der Waals surface area (Å²) in [6.07, 6.45) is 0. The lowest BCUT2D eigenvalue weighted by Crippen LogP contribution is -2.09. The van der Waals surface area contributed by atoms with Crippen molar-refractivity contribution in [1.29, 1.82) is 0 Å². The molecular formula is C60H40N2O. The number of anilines is 3. The summed E-state index contributed by atoms with van der Waals surface area (Å²) in [5.41, 5.74) is 18.0. The van der Waals surface area contributed by atoms with Crippen LogP contribution in [0.25, 0.3) is 93.9 Å². The van der Waals surface area contributed by atoms with Gasteiger partial charge in [-0.3, -0.25) is 0 Å². The van der Waals surface area contributed by atoms with Crippen molar-refractivity contribution in [2.45, 2.75) is 0 Å². The number of para-hydroxylation sites is 5. The summed E-state index contributed by atoms with van der Waals surface area (Å²) in [6, 6.07) is 87.0. The van der Waals surface area contributed by atoms with Gasteiger partial charge in [-0.2, -0.15) is 0 Å². The fourth-order valence-electron chi connectivity index (χ4n) is 9.39. The van der Waals surface area contributed by atoms with E-state index in [4.69, 9.17) is 4.42 Å². The van der Waals surface area contributed by atoms with Crippen LogP contribution in [-0.4, -0.2) is 4.57 Å². The third-order valence-corrected chi connectivity index (χ3v) is 12.4. The Morgan fingerprint density at radius 1 is 0.302 bits per heavy atom. The van der Waals surface area contributed by atoms with Gasteiger partial charge in [0.25, 0.3) is 0 Å². The van der Waals surface area contributed by atoms with E-state index in [1.54, 1.807) is 0 Å². The molecule has 2 aromatic heterocycles. The standard InChI is InChI=1S/C60H40N2O/c1-3-14-41(15-4-1)46-34-39-53-52-19-8-11-24-57(52)62(58(53)40-46)56-23-10-7-18-50(56)44-28-26-42(27-29-44)43-30-35-48(36-31-43)61(47-16-5-2-6-17-47)49-37-32-45(33-38-49)51-21-13-22-55-54-20-9-12-25-59(54)63-60(51)55/h1-40H. The van der Waals surface area contributed by atoms with Crippen LogP contribution in [0.5, 0.6) is 0 Å². The van der Waals surface area contributed by atoms with Crippen molar-refractivity contribution in [2.75, 3.05) is 4.90 Å². The lowest BCUT2D eigenvalue weighted by Gasteiger charge is -2.26. The van der Waals surface area contributed by atoms with Crippen LogP contribution in [0.1, 0.15) is 0 Å². The van der Waals surface area contributed by atoms with Crippen LogP contribution >= 0.6 is 0 Å². The molecule has 0 aliphatic carbocycles. The van der Waals surface area contributed by atoms with Crippen LogP contribution in [-0.2, 0) is 0 Å². The van der Waals surface area contributed by atoms with E-state index in [0.29, 0.717) is 0 Å². The first-order valence-electron chi connectivity index (χ1n) is 21.5. The maximum atomic E-state index is 6.38. The van der Waals surface area contributed by atoms with E-state index in [0.717, 1.165) is 61.4 Å². The Hall–Kier alpha value is -8.40. The predicted molar refractivity (Wildman–Crippen MR) is 264 cm³/mol. The Labute approximate surface area is 366 Å². The summed E-state index contributed by atoms with van der Waals surface area (Å²) in [4.78, 5) is 2.31. The molecule has 12 rings (SSSR count). The van der Waals surface area contributed by atoms with Gasteiger partial charge in [0.2, 0.25) is 0 Å². The Balaban J connectivity index is 0.867. The van der Waals surface area contributed by atoms with E-state index in [-0.39, 0.29) is 0 Å². The maximum Gasteiger partial charge on any atom is 0.143 e. The van der Waals surface area contributed by atoms with Gasteiger partial charge in [0.05, 0.1) is 16.7 Å². The summed E-state index contributed by atoms with van der Waals surface area (Å²) in [6.45, 7) is 0. The number of nitrogens with zero attached hydrogens (tertiary/aromatic N) is 2. The highest BCUT2D eigenvalue weighted by Crippen LogP contribution is 2.41. The maximum absolute atomic E-state index is 6.38. The SMILES string of the molecule is c1ccc(-c2ccc3c4ccccc4n(-c4ccccc4-c4ccc(-c5ccc(N(c6ccccc6)c6ccc(-c7cccc8c7oc7ccccc78)cc6)cc5)cc4)c3c2)cc1. The second-order valence-electron chi connectivity index (χ2n) is 16.1. The van der Waals surface area contributed by atoms with Crippen molar-refractivity contribution < 1.29 is 4.42 Å². The molecule has 0 saturated carbocycles. The second-order valence-corrected chi connectivity index (χ2v) is 16.1. The average Bonchev–Trinajstić information content (AvgIpc) is 3.91. The molecule has 0 radical (unpaired) electrons. The highest BCUT2D eigenvalue weighted by Gasteiger charge is 2.18. The molecule has 0 spiro atoms. The zero-order chi connectivity index (χ0) is 41.7. The van der Waals surface area contributed by atoms with E-state index >= 15 is 0 Å². The Morgan fingerprint density at radius 2 is 0.794 bits per heavy atom. The fourth-order valence-corrected chi connectivity index (χ4v) is 9.39. The van der Waals surface area contributed by atoms with Crippen LogP contribution < -0.4 is 4.90 Å². The monoisotopic (exact) mass is 804 g/mol. The summed E-state index contributed by atoms with van der Waals surface area (Å²) >= 11 is 0. The minimum atomic E-state index is 0.907. The van der Waals surface area contributed by atoms with Crippen LogP contribution in [0.15, 0.2) is 247 Å². The third kappa shape index (κ3) is 6.38. The molecule has 3 heteroatoms. The lowest BCUT2D eigenvalue weighted by molar-refractivity contribution is 0.670. The Morgan fingerprint density at radius 3 is 1.56 bits per heavy atom. The van der Waals surface area contributed by atoms with E-state index < -0.39 is 0 Å². The van der Waals surface area contributed by atoms with Gasteiger partial charge in [-0.15, -0.1) is 0 Å². The van der Waals surface area contributed by atoms with Crippen molar-refractivity contribution >= 4 is 60.8 Å². The molecule has 0 atom stereocenters. The smallest absolute Gasteiger partial charge is 0.143 e. The summed E-state index contributed by atoms with van der Waals surface area (Å²) in [5.74, 6) is 0. The van der Waals surface area contributed by atoms with Crippen molar-refractivity contribution in [2.24, 2.45) is 0 Å². The summed E-state index contributed by atoms with van der Waals surface area (Å²) < 4.78 is 8.82. The summed E-state index contributed by atoms with van der Waals surface area (Å²) in [7, 11) is 0. The van der Waals surface area contributed by atoms with Crippen LogP contribution in [0.2, 0.25) is 0 Å². The molecule has 3 nitrogen and oxygen atoms in total. The van der Waals surface area contributed by atoms with E-state index in [1.807, 2.05) is 12.1 Å². The average molecular weight is 805 g/mol. The highest BCUT2D eigenvalue weighted by molar-refractivity contribution is 6.11. The third-order valence-electron chi connectivity index (χ3n) is 12.4. The zero-order valence-corrected chi connectivity index (χ0v) is 34.4. The van der Waals surface area contributed by atoms with Crippen molar-refractivity contribution in [3.63, 3.8) is 0 Å². The second kappa shape index (κ2) is 15.3. The molecule has 0 fully saturated rings. The normalized spacial score (nSPS) is 11.5. The molecule has 0 amide bonds. The number of hydrogen-bond donors (Lipinski definition) is 0. The molecule has 0 bridgehead atoms. The molecule has 63 heavy (non-hydrogen) atoms. The molecule has 12 aromatic rings. The molecular weight excluding hydrogens is 765 g/mol. The first-order chi connectivity index (χ1) is 31.2. The molecule has 0 unspecified atom stereocenters. The number of fused-ring (bicyclic) bond motifs is 6. The number of rotatable bonds is 8. The number of hydrogen-bond acceptors (Lipinski definition) is 2. The Bertz CT molecular complexity index is 3580. The van der Waals surface area contributed by atoms with Crippen molar-refractivity contribution in [3.05, 3.63) is 243 Å². The largest absolute Gasteiger partial charge is 0.455 e. The van der Waals surface area contributed by atoms with Gasteiger partial charge < -0.3 is 13.9 Å². The highest BCUT2D eigenvalue weighted by atomic mass is 16.3. The Kier molecular flexibility index (Phi) is 8.83. The van der Waals surface area contributed by atoms with E-state index in [1.165, 1.54) is 49.6 Å². The van der Waals surface area contributed by atoms with Crippen LogP contribution in [0.4, 0.5) is 17.1 Å². The van der Waals surface area contributed by atoms with E-state index in [2.05, 4.69) is 240 Å². The molecule has 2 heterocycles. The molecule has 0 aliphatic rings. The molecule has 0 N–H and O–H groups in total. The summed E-state index contributed by atoms with van der Waals surface area (Å²) in [5, 5.41) is 4.77. The zero-order valence-electron chi connectivity index (χ0n) is 34.4. The minimum absolute atomic E-state index is 0.907. The van der Waals surface area contributed by atoms with Gasteiger partial charge in [0, 0.05) is 49.7 Å². The first-order valence-corrected chi connectivity index (χ1v) is 21.5. The predicted octanol–water partition coefficient (Wildman–Crippen LogP) is 16.8. The number of aromatic nitrogens is 1. The number of furan rings is 1. The van der Waals surface area contributed by atoms with Gasteiger partial charge in [-0.05, 0) is 94.0 Å². The fraction of sp³-hybridized carbons (Fsp3) is 0. The molecule has 296 valence electrons. The topological polar surface area (TPSA) is 21.3 Å². The lowest BCUT2D eigenvalue weighted by atomic mass is 9.98. The quantitative estimate of drug-likeness (QED) is 0.153. The van der Waals surface area contributed by atoms with Crippen LogP contribution in [0.3, 0.4) is 0 Å². The van der Waals surface area contributed by atoms with Gasteiger partial charge in [-0.25, -0.2) is 0 Å². The van der Waals surface area contributed by atoms with Gasteiger partial charge >= 0.3 is 0 Å². The molecule has 0 aliphatic heterocycles. The van der Waals surface area contributed by atoms with Gasteiger partial charge in [0.15, 0.2) is 0 Å². The van der Waals surface area contributed by atoms with Crippen molar-refractivity contribution in [1.82, 2.24) is 4.57 Å². The van der Waals surface area contributed by atoms with E-state index in [9.17, 15) is 0 Å². The van der Waals surface area contributed by atoms with Gasteiger partial charge in [-0.1, -0.05) is 182 Å². The van der Waals surface area contributed by atoms with Gasteiger partial charge in [0.1, 0.15) is 11.2 Å². The minimum Gasteiger partial charge on any atom is -0.455 e. The first kappa shape index (κ1) is 36.5. The van der Waals surface area contributed by atoms with Crippen molar-refractivity contribution in [3.8, 4) is 50.2 Å². The molecule has 0 saturated heterocycles. The molecule has 10 aromatic carbocycles. The van der Waals surface area contributed by atoms with Crippen LogP contribution in [0, 0.1) is 0 Å². The number of benzene rings is 10.